The van der Waals surface area contributed by atoms with Crippen LogP contribution in [-0.2, 0) is 30.4 Å². The van der Waals surface area contributed by atoms with Gasteiger partial charge in [-0.15, -0.1) is 0 Å². The minimum atomic E-state index is -1.27. The second kappa shape index (κ2) is 14.9. The maximum Gasteiger partial charge on any atom is 0.326 e. The summed E-state index contributed by atoms with van der Waals surface area (Å²) >= 11 is 0. The second-order valence-corrected chi connectivity index (χ2v) is 7.96. The summed E-state index contributed by atoms with van der Waals surface area (Å²) in [6.07, 6.45) is 2.65. The molecule has 36 heavy (non-hydrogen) atoms. The third-order valence-electron chi connectivity index (χ3n) is 4.93. The number of hydrogen-bond donors (Lipinski definition) is 9. The van der Waals surface area contributed by atoms with E-state index in [9.17, 15) is 29.1 Å². The minimum absolute atomic E-state index is 0.0277. The van der Waals surface area contributed by atoms with Gasteiger partial charge in [0.1, 0.15) is 18.1 Å². The molecule has 12 N–H and O–H groups in total. The summed E-state index contributed by atoms with van der Waals surface area (Å²) in [5.41, 5.74) is 16.6. The summed E-state index contributed by atoms with van der Waals surface area (Å²) < 4.78 is 0. The van der Waals surface area contributed by atoms with Crippen molar-refractivity contribution >= 4 is 35.6 Å². The number of aliphatic carboxylic acids is 2. The Hall–Kier alpha value is -4.21. The number of carbonyl (C=O) groups is 5. The first-order valence-corrected chi connectivity index (χ1v) is 11.0. The van der Waals surface area contributed by atoms with Gasteiger partial charge in [-0.2, -0.15) is 0 Å². The fourth-order valence-electron chi connectivity index (χ4n) is 2.95. The van der Waals surface area contributed by atoms with Gasteiger partial charge >= 0.3 is 11.9 Å². The average molecular weight is 512 g/mol. The first-order chi connectivity index (χ1) is 16.9. The van der Waals surface area contributed by atoms with Crippen LogP contribution >= 0.6 is 0 Å². The summed E-state index contributed by atoms with van der Waals surface area (Å²) in [5.74, 6) is -4.79. The first-order valence-electron chi connectivity index (χ1n) is 11.0. The van der Waals surface area contributed by atoms with Crippen molar-refractivity contribution in [3.8, 4) is 0 Å². The van der Waals surface area contributed by atoms with Crippen LogP contribution in [0.1, 0.15) is 38.3 Å². The SMILES string of the molecule is CC(NC(=O)C(Cc1cnc[nH]1)NC(=O)C(N)CCC(=O)O)C(=O)NC(CCCN=C(N)N)C(=O)O. The molecule has 4 unspecified atom stereocenters. The number of nitrogens with one attached hydrogen (secondary N) is 4. The van der Waals surface area contributed by atoms with E-state index in [2.05, 4.69) is 30.9 Å². The number of aromatic amines is 1. The molecule has 1 aromatic heterocycles. The van der Waals surface area contributed by atoms with Gasteiger partial charge in [0, 0.05) is 31.3 Å². The Morgan fingerprint density at radius 3 is 2.25 bits per heavy atom. The van der Waals surface area contributed by atoms with Gasteiger partial charge in [-0.1, -0.05) is 0 Å². The van der Waals surface area contributed by atoms with E-state index in [-0.39, 0.29) is 44.6 Å². The van der Waals surface area contributed by atoms with E-state index in [4.69, 9.17) is 22.3 Å². The Kier molecular flexibility index (Phi) is 12.4. The van der Waals surface area contributed by atoms with Gasteiger partial charge in [0.15, 0.2) is 5.96 Å². The van der Waals surface area contributed by atoms with Crippen LogP contribution in [0.3, 0.4) is 0 Å². The van der Waals surface area contributed by atoms with Crippen molar-refractivity contribution in [3.63, 3.8) is 0 Å². The zero-order chi connectivity index (χ0) is 27.3. The number of guanidine groups is 1. The lowest BCUT2D eigenvalue weighted by atomic mass is 10.1. The molecule has 0 radical (unpaired) electrons. The predicted molar refractivity (Wildman–Crippen MR) is 126 cm³/mol. The highest BCUT2D eigenvalue weighted by Gasteiger charge is 2.29. The number of H-pyrrole nitrogens is 1. The molecular weight excluding hydrogens is 478 g/mol. The summed E-state index contributed by atoms with van der Waals surface area (Å²) in [6, 6.07) is -4.74. The number of imidazole rings is 1. The molecular formula is C20H33N9O7. The van der Waals surface area contributed by atoms with E-state index in [1.807, 2.05) is 0 Å². The van der Waals surface area contributed by atoms with Crippen LogP contribution in [0.15, 0.2) is 17.5 Å². The van der Waals surface area contributed by atoms with Crippen LogP contribution < -0.4 is 33.2 Å². The highest BCUT2D eigenvalue weighted by molar-refractivity contribution is 5.94. The van der Waals surface area contributed by atoms with Crippen LogP contribution in [0.5, 0.6) is 0 Å². The fourth-order valence-corrected chi connectivity index (χ4v) is 2.95. The number of carboxylic acids is 2. The molecule has 16 heteroatoms. The number of nitrogens with two attached hydrogens (primary N) is 3. The smallest absolute Gasteiger partial charge is 0.326 e. The number of carboxylic acid groups (broad SMARTS) is 2. The standard InChI is InChI=1S/C20H33N9O7/c1-10(16(32)28-13(19(35)36)3-2-6-25-20(22)23)27-18(34)14(7-11-8-24-9-26-11)29-17(33)12(21)4-5-15(30)31/h8-10,12-14H,2-7,21H2,1H3,(H,24,26)(H,27,34)(H,28,32)(H,29,33)(H,30,31)(H,35,36)(H4,22,23,25). The zero-order valence-electron chi connectivity index (χ0n) is 19.8. The Morgan fingerprint density at radius 2 is 1.69 bits per heavy atom. The molecule has 0 spiro atoms. The lowest BCUT2D eigenvalue weighted by Crippen LogP contribution is -2.57. The first kappa shape index (κ1) is 29.8. The van der Waals surface area contributed by atoms with Crippen molar-refractivity contribution < 1.29 is 34.2 Å². The minimum Gasteiger partial charge on any atom is -0.481 e. The van der Waals surface area contributed by atoms with Crippen LogP contribution in [0.2, 0.25) is 0 Å². The summed E-state index contributed by atoms with van der Waals surface area (Å²) in [7, 11) is 0. The molecule has 0 aliphatic rings. The lowest BCUT2D eigenvalue weighted by molar-refractivity contribution is -0.142. The third-order valence-corrected chi connectivity index (χ3v) is 4.93. The molecule has 4 atom stereocenters. The maximum atomic E-state index is 12.9. The normalized spacial score (nSPS) is 13.9. The predicted octanol–water partition coefficient (Wildman–Crippen LogP) is -3.24. The Labute approximate surface area is 206 Å². The molecule has 1 heterocycles. The highest BCUT2D eigenvalue weighted by Crippen LogP contribution is 2.03. The van der Waals surface area contributed by atoms with Crippen molar-refractivity contribution in [2.24, 2.45) is 22.2 Å². The number of amides is 3. The van der Waals surface area contributed by atoms with Crippen molar-refractivity contribution in [1.29, 1.82) is 0 Å². The molecule has 16 nitrogen and oxygen atoms in total. The van der Waals surface area contributed by atoms with Crippen LogP contribution in [0, 0.1) is 0 Å². The Bertz CT molecular complexity index is 932. The number of hydrogen-bond acceptors (Lipinski definition) is 8. The molecule has 0 aliphatic heterocycles. The Balaban J connectivity index is 2.79. The van der Waals surface area contributed by atoms with E-state index < -0.39 is 53.8 Å². The van der Waals surface area contributed by atoms with Gasteiger partial charge in [-0.05, 0) is 26.2 Å². The average Bonchev–Trinajstić information content (AvgIpc) is 3.31. The maximum absolute atomic E-state index is 12.9. The second-order valence-electron chi connectivity index (χ2n) is 7.96. The topological polar surface area (TPSA) is 281 Å². The fraction of sp³-hybridized carbons (Fsp3) is 0.550. The van der Waals surface area contributed by atoms with Crippen molar-refractivity contribution in [3.05, 3.63) is 18.2 Å². The number of rotatable bonds is 16. The summed E-state index contributed by atoms with van der Waals surface area (Å²) in [6.45, 7) is 1.52. The number of aromatic nitrogens is 2. The monoisotopic (exact) mass is 511 g/mol. The summed E-state index contributed by atoms with van der Waals surface area (Å²) in [5, 5.41) is 25.3. The lowest BCUT2D eigenvalue weighted by Gasteiger charge is -2.23. The van der Waals surface area contributed by atoms with Crippen LogP contribution in [-0.4, -0.2) is 86.5 Å². The van der Waals surface area contributed by atoms with Crippen molar-refractivity contribution in [2.75, 3.05) is 6.54 Å². The summed E-state index contributed by atoms with van der Waals surface area (Å²) in [4.78, 5) is 70.4. The van der Waals surface area contributed by atoms with Gasteiger partial charge < -0.3 is 48.3 Å². The van der Waals surface area contributed by atoms with E-state index in [1.165, 1.54) is 19.4 Å². The number of carbonyl (C=O) groups excluding carboxylic acids is 3. The third kappa shape index (κ3) is 11.3. The zero-order valence-corrected chi connectivity index (χ0v) is 19.8. The molecule has 0 fully saturated rings. The van der Waals surface area contributed by atoms with Gasteiger partial charge in [-0.25, -0.2) is 9.78 Å². The van der Waals surface area contributed by atoms with Gasteiger partial charge in [0.2, 0.25) is 17.7 Å². The molecule has 0 aromatic carbocycles. The largest absolute Gasteiger partial charge is 0.481 e. The van der Waals surface area contributed by atoms with Crippen LogP contribution in [0.4, 0.5) is 0 Å². The molecule has 1 aromatic rings. The van der Waals surface area contributed by atoms with E-state index in [1.54, 1.807) is 0 Å². The van der Waals surface area contributed by atoms with E-state index in [0.717, 1.165) is 0 Å². The van der Waals surface area contributed by atoms with Crippen molar-refractivity contribution in [2.45, 2.75) is 63.2 Å². The molecule has 3 amide bonds. The number of aliphatic imine (C=N–C) groups is 1. The molecule has 200 valence electrons. The van der Waals surface area contributed by atoms with Gasteiger partial charge in [0.25, 0.3) is 0 Å². The Morgan fingerprint density at radius 1 is 1.03 bits per heavy atom. The van der Waals surface area contributed by atoms with Crippen LogP contribution in [0.25, 0.3) is 0 Å². The van der Waals surface area contributed by atoms with E-state index in [0.29, 0.717) is 5.69 Å². The molecule has 0 aliphatic carbocycles. The van der Waals surface area contributed by atoms with Gasteiger partial charge in [0.05, 0.1) is 12.4 Å². The van der Waals surface area contributed by atoms with Gasteiger partial charge in [-0.3, -0.25) is 24.2 Å². The number of nitrogens with zero attached hydrogens (tertiary/aromatic N) is 2. The quantitative estimate of drug-likeness (QED) is 0.0603. The van der Waals surface area contributed by atoms with E-state index >= 15 is 0 Å². The molecule has 0 saturated carbocycles. The molecule has 0 bridgehead atoms. The van der Waals surface area contributed by atoms with Crippen molar-refractivity contribution in [1.82, 2.24) is 25.9 Å². The molecule has 1 rings (SSSR count). The highest BCUT2D eigenvalue weighted by atomic mass is 16.4. The molecule has 0 saturated heterocycles.